The molecule has 148 valence electrons. The van der Waals surface area contributed by atoms with Crippen LogP contribution in [0.1, 0.15) is 27.7 Å². The number of nitrogens with one attached hydrogen (secondary N) is 2. The normalized spacial score (nSPS) is 11.5. The van der Waals surface area contributed by atoms with E-state index in [0.717, 1.165) is 34.5 Å². The minimum atomic E-state index is 0.515. The van der Waals surface area contributed by atoms with Gasteiger partial charge < -0.3 is 19.9 Å². The van der Waals surface area contributed by atoms with Crippen LogP contribution in [-0.2, 0) is 26.7 Å². The number of ether oxygens (including phenoxy) is 1. The molecule has 7 nitrogen and oxygen atoms in total. The first-order chi connectivity index (χ1) is 13.6. The molecule has 0 saturated carbocycles. The molecule has 0 aliphatic carbocycles. The Labute approximate surface area is 169 Å². The van der Waals surface area contributed by atoms with Crippen LogP contribution in [-0.4, -0.2) is 27.8 Å². The fraction of sp³-hybridized carbons (Fsp3) is 0.350. The number of rotatable bonds is 7. The van der Waals surface area contributed by atoms with Crippen molar-refractivity contribution in [1.82, 2.24) is 25.4 Å². The average Bonchev–Trinajstić information content (AvgIpc) is 3.33. The number of benzene rings is 1. The third kappa shape index (κ3) is 5.10. The van der Waals surface area contributed by atoms with E-state index in [1.807, 2.05) is 37.6 Å². The van der Waals surface area contributed by atoms with E-state index in [1.165, 1.54) is 4.88 Å². The summed E-state index contributed by atoms with van der Waals surface area (Å²) >= 11 is 1.72. The fourth-order valence-electron chi connectivity index (χ4n) is 2.67. The van der Waals surface area contributed by atoms with Gasteiger partial charge in [0, 0.05) is 17.5 Å². The van der Waals surface area contributed by atoms with Gasteiger partial charge in [-0.25, -0.2) is 4.99 Å². The summed E-state index contributed by atoms with van der Waals surface area (Å²) in [5.41, 5.74) is 2.20. The Bertz CT molecular complexity index is 932. The number of methoxy groups -OCH3 is 1. The predicted molar refractivity (Wildman–Crippen MR) is 113 cm³/mol. The molecule has 3 rings (SSSR count). The van der Waals surface area contributed by atoms with Crippen LogP contribution in [0.15, 0.2) is 40.7 Å². The van der Waals surface area contributed by atoms with Crippen molar-refractivity contribution in [3.8, 4) is 5.75 Å². The molecule has 8 heteroatoms. The zero-order valence-electron chi connectivity index (χ0n) is 16.7. The van der Waals surface area contributed by atoms with Crippen LogP contribution in [0.2, 0.25) is 0 Å². The fourth-order valence-corrected chi connectivity index (χ4v) is 3.32. The SMILES string of the molecule is COc1cc(C)ccc1CN=C(NCc1cccs1)NCc1nnc(C)n1C. The first kappa shape index (κ1) is 19.9. The maximum absolute atomic E-state index is 5.50. The van der Waals surface area contributed by atoms with E-state index in [1.54, 1.807) is 18.4 Å². The highest BCUT2D eigenvalue weighted by Crippen LogP contribution is 2.20. The van der Waals surface area contributed by atoms with Crippen molar-refractivity contribution < 1.29 is 4.74 Å². The lowest BCUT2D eigenvalue weighted by molar-refractivity contribution is 0.409. The standard InChI is InChI=1S/C20H26N6OS/c1-14-7-8-16(18(10-14)27-4)11-21-20(22-12-17-6-5-9-28-17)23-13-19-25-24-15(2)26(19)3/h5-10H,11-13H2,1-4H3,(H2,21,22,23). The number of hydrogen-bond donors (Lipinski definition) is 2. The summed E-state index contributed by atoms with van der Waals surface area (Å²) in [6.07, 6.45) is 0. The lowest BCUT2D eigenvalue weighted by atomic mass is 10.1. The van der Waals surface area contributed by atoms with E-state index in [-0.39, 0.29) is 0 Å². The topological polar surface area (TPSA) is 76.4 Å². The summed E-state index contributed by atoms with van der Waals surface area (Å²) in [6, 6.07) is 10.3. The minimum Gasteiger partial charge on any atom is -0.496 e. The predicted octanol–water partition coefficient (Wildman–Crippen LogP) is 2.94. The molecule has 0 radical (unpaired) electrons. The molecular formula is C20H26N6OS. The van der Waals surface area contributed by atoms with Gasteiger partial charge in [-0.05, 0) is 36.9 Å². The van der Waals surface area contributed by atoms with Gasteiger partial charge in [0.1, 0.15) is 11.6 Å². The maximum atomic E-state index is 5.50. The molecule has 0 aliphatic heterocycles. The number of hydrogen-bond acceptors (Lipinski definition) is 5. The third-order valence-electron chi connectivity index (χ3n) is 4.46. The molecule has 0 spiro atoms. The molecule has 0 fully saturated rings. The second-order valence-corrected chi connectivity index (χ2v) is 7.52. The maximum Gasteiger partial charge on any atom is 0.192 e. The highest BCUT2D eigenvalue weighted by atomic mass is 32.1. The summed E-state index contributed by atoms with van der Waals surface area (Å²) in [5, 5.41) is 17.1. The number of thiophene rings is 1. The van der Waals surface area contributed by atoms with Gasteiger partial charge >= 0.3 is 0 Å². The summed E-state index contributed by atoms with van der Waals surface area (Å²) in [7, 11) is 3.64. The molecule has 0 unspecified atom stereocenters. The lowest BCUT2D eigenvalue weighted by Crippen LogP contribution is -2.37. The van der Waals surface area contributed by atoms with Crippen LogP contribution in [0.3, 0.4) is 0 Å². The summed E-state index contributed by atoms with van der Waals surface area (Å²) < 4.78 is 7.46. The van der Waals surface area contributed by atoms with Crippen LogP contribution >= 0.6 is 11.3 Å². The second-order valence-electron chi connectivity index (χ2n) is 6.49. The van der Waals surface area contributed by atoms with Crippen molar-refractivity contribution in [2.24, 2.45) is 12.0 Å². The number of nitrogens with zero attached hydrogens (tertiary/aromatic N) is 4. The first-order valence-electron chi connectivity index (χ1n) is 9.09. The van der Waals surface area contributed by atoms with Gasteiger partial charge in [-0.3, -0.25) is 0 Å². The van der Waals surface area contributed by atoms with Gasteiger partial charge in [-0.15, -0.1) is 21.5 Å². The molecule has 0 atom stereocenters. The van der Waals surface area contributed by atoms with Crippen LogP contribution < -0.4 is 15.4 Å². The number of aliphatic imine (C=N–C) groups is 1. The molecule has 0 amide bonds. The zero-order chi connectivity index (χ0) is 19.9. The van der Waals surface area contributed by atoms with Crippen LogP contribution in [0, 0.1) is 13.8 Å². The summed E-state index contributed by atoms with van der Waals surface area (Å²) in [4.78, 5) is 5.99. The van der Waals surface area contributed by atoms with Crippen molar-refractivity contribution in [3.05, 3.63) is 63.4 Å². The van der Waals surface area contributed by atoms with Crippen LogP contribution in [0.25, 0.3) is 0 Å². The molecule has 3 aromatic rings. The van der Waals surface area contributed by atoms with Crippen molar-refractivity contribution in [3.63, 3.8) is 0 Å². The van der Waals surface area contributed by atoms with Crippen LogP contribution in [0.4, 0.5) is 0 Å². The monoisotopic (exact) mass is 398 g/mol. The van der Waals surface area contributed by atoms with Crippen molar-refractivity contribution >= 4 is 17.3 Å². The Hall–Kier alpha value is -2.87. The van der Waals surface area contributed by atoms with Crippen molar-refractivity contribution in [2.75, 3.05) is 7.11 Å². The molecule has 2 aromatic heterocycles. The number of aryl methyl sites for hydroxylation is 2. The van der Waals surface area contributed by atoms with E-state index in [9.17, 15) is 0 Å². The first-order valence-corrected chi connectivity index (χ1v) is 9.97. The van der Waals surface area contributed by atoms with E-state index in [4.69, 9.17) is 9.73 Å². The van der Waals surface area contributed by atoms with E-state index >= 15 is 0 Å². The summed E-state index contributed by atoms with van der Waals surface area (Å²) in [5.74, 6) is 3.31. The third-order valence-corrected chi connectivity index (χ3v) is 5.33. The highest BCUT2D eigenvalue weighted by Gasteiger charge is 2.08. The Morgan fingerprint density at radius 2 is 2.00 bits per heavy atom. The highest BCUT2D eigenvalue weighted by molar-refractivity contribution is 7.09. The average molecular weight is 399 g/mol. The summed E-state index contributed by atoms with van der Waals surface area (Å²) in [6.45, 7) is 5.75. The van der Waals surface area contributed by atoms with Crippen molar-refractivity contribution in [2.45, 2.75) is 33.5 Å². The molecule has 28 heavy (non-hydrogen) atoms. The minimum absolute atomic E-state index is 0.515. The molecular weight excluding hydrogens is 372 g/mol. The zero-order valence-corrected chi connectivity index (χ0v) is 17.5. The largest absolute Gasteiger partial charge is 0.496 e. The Balaban J connectivity index is 1.72. The molecule has 0 aliphatic rings. The van der Waals surface area contributed by atoms with Gasteiger partial charge in [-0.1, -0.05) is 18.2 Å². The van der Waals surface area contributed by atoms with Gasteiger partial charge in [0.05, 0.1) is 26.7 Å². The van der Waals surface area contributed by atoms with Crippen molar-refractivity contribution in [1.29, 1.82) is 0 Å². The number of aromatic nitrogens is 3. The van der Waals surface area contributed by atoms with Crippen LogP contribution in [0.5, 0.6) is 5.75 Å². The van der Waals surface area contributed by atoms with Gasteiger partial charge in [0.15, 0.2) is 11.8 Å². The van der Waals surface area contributed by atoms with Gasteiger partial charge in [-0.2, -0.15) is 0 Å². The molecule has 0 saturated heterocycles. The Morgan fingerprint density at radius 1 is 1.18 bits per heavy atom. The quantitative estimate of drug-likeness (QED) is 0.473. The molecule has 1 aromatic carbocycles. The number of guanidine groups is 1. The molecule has 0 bridgehead atoms. The van der Waals surface area contributed by atoms with E-state index < -0.39 is 0 Å². The lowest BCUT2D eigenvalue weighted by Gasteiger charge is -2.13. The van der Waals surface area contributed by atoms with E-state index in [0.29, 0.717) is 19.6 Å². The Kier molecular flexibility index (Phi) is 6.65. The molecule has 2 N–H and O–H groups in total. The Morgan fingerprint density at radius 3 is 2.68 bits per heavy atom. The molecule has 2 heterocycles. The van der Waals surface area contributed by atoms with Gasteiger partial charge in [0.2, 0.25) is 0 Å². The van der Waals surface area contributed by atoms with E-state index in [2.05, 4.69) is 44.4 Å². The smallest absolute Gasteiger partial charge is 0.192 e. The van der Waals surface area contributed by atoms with Gasteiger partial charge in [0.25, 0.3) is 0 Å². The second kappa shape index (κ2) is 9.36.